The maximum Gasteiger partial charge on any atom is 0.224 e. The number of aromatic nitrogens is 2. The van der Waals surface area contributed by atoms with Crippen LogP contribution in [0.15, 0.2) is 30.3 Å². The van der Waals surface area contributed by atoms with Gasteiger partial charge in [0.1, 0.15) is 11.6 Å². The van der Waals surface area contributed by atoms with E-state index in [1.54, 1.807) is 12.1 Å². The van der Waals surface area contributed by atoms with Crippen molar-refractivity contribution in [3.63, 3.8) is 0 Å². The lowest BCUT2D eigenvalue weighted by Crippen LogP contribution is -2.11. The summed E-state index contributed by atoms with van der Waals surface area (Å²) < 4.78 is 12.9. The topological polar surface area (TPSA) is 49.8 Å². The third kappa shape index (κ3) is 4.19. The second-order valence-corrected chi connectivity index (χ2v) is 5.12. The molecule has 20 heavy (non-hydrogen) atoms. The highest BCUT2D eigenvalue weighted by atomic mass is 19.1. The Balaban J connectivity index is 2.13. The Labute approximate surface area is 118 Å². The van der Waals surface area contributed by atoms with Crippen molar-refractivity contribution in [2.75, 3.05) is 17.2 Å². The van der Waals surface area contributed by atoms with Crippen LogP contribution in [0.1, 0.15) is 19.5 Å². The van der Waals surface area contributed by atoms with E-state index < -0.39 is 0 Å². The van der Waals surface area contributed by atoms with Gasteiger partial charge >= 0.3 is 0 Å². The molecule has 0 atom stereocenters. The lowest BCUT2D eigenvalue weighted by molar-refractivity contribution is 0.628. The number of halogens is 1. The summed E-state index contributed by atoms with van der Waals surface area (Å²) in [4.78, 5) is 8.74. The third-order valence-corrected chi connectivity index (χ3v) is 2.64. The van der Waals surface area contributed by atoms with Gasteiger partial charge in [-0.15, -0.1) is 0 Å². The Morgan fingerprint density at radius 1 is 1.15 bits per heavy atom. The zero-order chi connectivity index (χ0) is 14.5. The van der Waals surface area contributed by atoms with Crippen LogP contribution >= 0.6 is 0 Å². The van der Waals surface area contributed by atoms with Gasteiger partial charge in [0.2, 0.25) is 5.95 Å². The molecule has 0 aliphatic carbocycles. The molecule has 0 saturated carbocycles. The molecular weight excluding hydrogens is 255 g/mol. The highest BCUT2D eigenvalue weighted by molar-refractivity contribution is 5.57. The fourth-order valence-electron chi connectivity index (χ4n) is 1.69. The largest absolute Gasteiger partial charge is 0.354 e. The molecule has 1 aromatic carbocycles. The summed E-state index contributed by atoms with van der Waals surface area (Å²) in [5.74, 6) is 1.56. The molecule has 106 valence electrons. The van der Waals surface area contributed by atoms with E-state index in [0.717, 1.165) is 17.9 Å². The van der Waals surface area contributed by atoms with Crippen molar-refractivity contribution in [3.8, 4) is 0 Å². The standard InChI is InChI=1S/C15H19FN4/c1-10(2)9-17-15-18-11(3)8-14(20-15)19-13-6-4-12(16)5-7-13/h4-8,10H,9H2,1-3H3,(H2,17,18,19,20). The quantitative estimate of drug-likeness (QED) is 0.872. The van der Waals surface area contributed by atoms with Crippen molar-refractivity contribution in [1.29, 1.82) is 0 Å². The van der Waals surface area contributed by atoms with Crippen LogP contribution in [0.25, 0.3) is 0 Å². The summed E-state index contributed by atoms with van der Waals surface area (Å²) >= 11 is 0. The summed E-state index contributed by atoms with van der Waals surface area (Å²) in [5.41, 5.74) is 1.66. The van der Waals surface area contributed by atoms with Gasteiger partial charge in [-0.25, -0.2) is 9.37 Å². The molecule has 4 nitrogen and oxygen atoms in total. The number of aryl methyl sites for hydroxylation is 1. The molecule has 0 bridgehead atoms. The molecule has 2 N–H and O–H groups in total. The van der Waals surface area contributed by atoms with Gasteiger partial charge in [-0.05, 0) is 37.1 Å². The molecule has 2 aromatic rings. The van der Waals surface area contributed by atoms with E-state index >= 15 is 0 Å². The Morgan fingerprint density at radius 3 is 2.50 bits per heavy atom. The first kappa shape index (κ1) is 14.2. The zero-order valence-corrected chi connectivity index (χ0v) is 11.9. The van der Waals surface area contributed by atoms with Gasteiger partial charge in [0.05, 0.1) is 0 Å². The van der Waals surface area contributed by atoms with E-state index in [9.17, 15) is 4.39 Å². The van der Waals surface area contributed by atoms with Crippen LogP contribution in [0, 0.1) is 18.7 Å². The van der Waals surface area contributed by atoms with Crippen molar-refractivity contribution >= 4 is 17.5 Å². The fourth-order valence-corrected chi connectivity index (χ4v) is 1.69. The van der Waals surface area contributed by atoms with E-state index in [0.29, 0.717) is 17.7 Å². The second kappa shape index (κ2) is 6.32. The van der Waals surface area contributed by atoms with Crippen LogP contribution in [0.2, 0.25) is 0 Å². The van der Waals surface area contributed by atoms with E-state index in [1.165, 1.54) is 12.1 Å². The van der Waals surface area contributed by atoms with Crippen molar-refractivity contribution < 1.29 is 4.39 Å². The number of hydrogen-bond donors (Lipinski definition) is 2. The molecule has 0 fully saturated rings. The average Bonchev–Trinajstić information content (AvgIpc) is 2.38. The van der Waals surface area contributed by atoms with Gasteiger partial charge in [0, 0.05) is 24.0 Å². The molecule has 1 aromatic heterocycles. The average molecular weight is 274 g/mol. The van der Waals surface area contributed by atoms with Crippen LogP contribution in [0.4, 0.5) is 21.8 Å². The highest BCUT2D eigenvalue weighted by Gasteiger charge is 2.03. The zero-order valence-electron chi connectivity index (χ0n) is 11.9. The Morgan fingerprint density at radius 2 is 1.85 bits per heavy atom. The minimum absolute atomic E-state index is 0.256. The van der Waals surface area contributed by atoms with Crippen molar-refractivity contribution in [2.24, 2.45) is 5.92 Å². The summed E-state index contributed by atoms with van der Waals surface area (Å²) in [6, 6.07) is 8.02. The normalized spacial score (nSPS) is 10.7. The minimum atomic E-state index is -0.256. The predicted octanol–water partition coefficient (Wildman–Crippen LogP) is 3.74. The number of rotatable bonds is 5. The van der Waals surface area contributed by atoms with Crippen molar-refractivity contribution in [3.05, 3.63) is 41.8 Å². The lowest BCUT2D eigenvalue weighted by atomic mass is 10.2. The number of anilines is 3. The lowest BCUT2D eigenvalue weighted by Gasteiger charge is -2.11. The van der Waals surface area contributed by atoms with E-state index in [-0.39, 0.29) is 5.82 Å². The van der Waals surface area contributed by atoms with Gasteiger partial charge in [-0.2, -0.15) is 4.98 Å². The first-order valence-corrected chi connectivity index (χ1v) is 6.65. The maximum atomic E-state index is 12.9. The van der Waals surface area contributed by atoms with Gasteiger partial charge in [-0.3, -0.25) is 0 Å². The smallest absolute Gasteiger partial charge is 0.224 e. The van der Waals surface area contributed by atoms with Crippen LogP contribution in [0.5, 0.6) is 0 Å². The fraction of sp³-hybridized carbons (Fsp3) is 0.333. The molecular formula is C15H19FN4. The van der Waals surface area contributed by atoms with Gasteiger partial charge in [0.15, 0.2) is 0 Å². The predicted molar refractivity (Wildman–Crippen MR) is 79.8 cm³/mol. The Hall–Kier alpha value is -2.17. The summed E-state index contributed by atoms with van der Waals surface area (Å²) in [5, 5.41) is 6.34. The summed E-state index contributed by atoms with van der Waals surface area (Å²) in [6.45, 7) is 6.98. The monoisotopic (exact) mass is 274 g/mol. The molecule has 0 amide bonds. The molecule has 0 aliphatic heterocycles. The van der Waals surface area contributed by atoms with Gasteiger partial charge in [-0.1, -0.05) is 13.8 Å². The number of nitrogens with one attached hydrogen (secondary N) is 2. The molecule has 0 saturated heterocycles. The minimum Gasteiger partial charge on any atom is -0.354 e. The van der Waals surface area contributed by atoms with Crippen LogP contribution in [-0.4, -0.2) is 16.5 Å². The first-order chi connectivity index (χ1) is 9.52. The molecule has 1 heterocycles. The molecule has 0 unspecified atom stereocenters. The van der Waals surface area contributed by atoms with Crippen LogP contribution in [-0.2, 0) is 0 Å². The molecule has 2 rings (SSSR count). The van der Waals surface area contributed by atoms with E-state index in [2.05, 4.69) is 34.4 Å². The molecule has 0 spiro atoms. The molecule has 0 aliphatic rings. The summed E-state index contributed by atoms with van der Waals surface area (Å²) in [6.07, 6.45) is 0. The Kier molecular flexibility index (Phi) is 4.50. The number of benzene rings is 1. The first-order valence-electron chi connectivity index (χ1n) is 6.65. The van der Waals surface area contributed by atoms with E-state index in [4.69, 9.17) is 0 Å². The summed E-state index contributed by atoms with van der Waals surface area (Å²) in [7, 11) is 0. The third-order valence-electron chi connectivity index (χ3n) is 2.64. The molecule has 5 heteroatoms. The number of hydrogen-bond acceptors (Lipinski definition) is 4. The molecule has 0 radical (unpaired) electrons. The highest BCUT2D eigenvalue weighted by Crippen LogP contribution is 2.17. The van der Waals surface area contributed by atoms with E-state index in [1.807, 2.05) is 13.0 Å². The Bertz CT molecular complexity index is 567. The van der Waals surface area contributed by atoms with Gasteiger partial charge < -0.3 is 10.6 Å². The van der Waals surface area contributed by atoms with Crippen molar-refractivity contribution in [2.45, 2.75) is 20.8 Å². The van der Waals surface area contributed by atoms with Crippen LogP contribution < -0.4 is 10.6 Å². The SMILES string of the molecule is Cc1cc(Nc2ccc(F)cc2)nc(NCC(C)C)n1. The van der Waals surface area contributed by atoms with Gasteiger partial charge in [0.25, 0.3) is 0 Å². The second-order valence-electron chi connectivity index (χ2n) is 5.12. The maximum absolute atomic E-state index is 12.9. The van der Waals surface area contributed by atoms with Crippen LogP contribution in [0.3, 0.4) is 0 Å². The van der Waals surface area contributed by atoms with Crippen molar-refractivity contribution in [1.82, 2.24) is 9.97 Å². The number of nitrogens with zero attached hydrogens (tertiary/aromatic N) is 2.